The molecule has 1 aromatic heterocycles. The minimum Gasteiger partial charge on any atom is -0.496 e. The lowest BCUT2D eigenvalue weighted by molar-refractivity contribution is 0.152. The van der Waals surface area contributed by atoms with Crippen LogP contribution in [0.2, 0.25) is 0 Å². The molecule has 1 saturated heterocycles. The van der Waals surface area contributed by atoms with E-state index in [0.29, 0.717) is 11.2 Å². The van der Waals surface area contributed by atoms with Crippen LogP contribution in [0.4, 0.5) is 5.13 Å². The quantitative estimate of drug-likeness (QED) is 0.903. The zero-order valence-corrected chi connectivity index (χ0v) is 12.9. The van der Waals surface area contributed by atoms with Gasteiger partial charge in [0, 0.05) is 42.8 Å². The van der Waals surface area contributed by atoms with E-state index in [1.165, 1.54) is 10.4 Å². The van der Waals surface area contributed by atoms with E-state index in [1.54, 1.807) is 18.4 Å². The predicted octanol–water partition coefficient (Wildman–Crippen LogP) is 1.88. The predicted molar refractivity (Wildman–Crippen MR) is 85.5 cm³/mol. The molecule has 1 unspecified atom stereocenters. The molecule has 0 bridgehead atoms. The van der Waals surface area contributed by atoms with Gasteiger partial charge in [-0.3, -0.25) is 4.90 Å². The number of nitrogens with two attached hydrogens (primary N) is 1. The van der Waals surface area contributed by atoms with E-state index in [0.717, 1.165) is 31.9 Å². The normalized spacial score (nSPS) is 19.6. The molecule has 5 nitrogen and oxygen atoms in total. The molecule has 1 aliphatic heterocycles. The maximum Gasteiger partial charge on any atom is 0.180 e. The van der Waals surface area contributed by atoms with Gasteiger partial charge < -0.3 is 15.8 Å². The Kier molecular flexibility index (Phi) is 4.38. The lowest BCUT2D eigenvalue weighted by atomic mass is 10.0. The SMILES string of the molecule is COc1ccccc1C1CNCCN1Cc1cnc(N)s1. The Hall–Kier alpha value is -1.63. The summed E-state index contributed by atoms with van der Waals surface area (Å²) < 4.78 is 5.52. The van der Waals surface area contributed by atoms with Gasteiger partial charge in [-0.05, 0) is 6.07 Å². The van der Waals surface area contributed by atoms with E-state index in [4.69, 9.17) is 10.5 Å². The number of hydrogen-bond acceptors (Lipinski definition) is 6. The van der Waals surface area contributed by atoms with E-state index in [-0.39, 0.29) is 0 Å². The van der Waals surface area contributed by atoms with Crippen LogP contribution >= 0.6 is 11.3 Å². The van der Waals surface area contributed by atoms with E-state index in [2.05, 4.69) is 27.3 Å². The zero-order chi connectivity index (χ0) is 14.7. The average molecular weight is 304 g/mol. The highest BCUT2D eigenvalue weighted by Crippen LogP contribution is 2.31. The van der Waals surface area contributed by atoms with Gasteiger partial charge >= 0.3 is 0 Å². The third-order valence-corrected chi connectivity index (χ3v) is 4.59. The number of hydrogen-bond donors (Lipinski definition) is 2. The van der Waals surface area contributed by atoms with Crippen molar-refractivity contribution < 1.29 is 4.74 Å². The number of para-hydroxylation sites is 1. The molecule has 0 aliphatic carbocycles. The van der Waals surface area contributed by atoms with Crippen LogP contribution in [-0.2, 0) is 6.54 Å². The van der Waals surface area contributed by atoms with E-state index in [9.17, 15) is 0 Å². The number of ether oxygens (including phenoxy) is 1. The summed E-state index contributed by atoms with van der Waals surface area (Å²) in [6, 6.07) is 8.54. The molecule has 3 N–H and O–H groups in total. The fourth-order valence-electron chi connectivity index (χ4n) is 2.78. The Balaban J connectivity index is 1.84. The third-order valence-electron chi connectivity index (χ3n) is 3.78. The molecule has 1 aliphatic rings. The van der Waals surface area contributed by atoms with E-state index < -0.39 is 0 Å². The van der Waals surface area contributed by atoms with Crippen molar-refractivity contribution in [3.8, 4) is 5.75 Å². The Morgan fingerprint density at radius 3 is 3.10 bits per heavy atom. The Morgan fingerprint density at radius 2 is 2.33 bits per heavy atom. The smallest absolute Gasteiger partial charge is 0.180 e. The van der Waals surface area contributed by atoms with Crippen LogP contribution in [0.25, 0.3) is 0 Å². The lowest BCUT2D eigenvalue weighted by Gasteiger charge is -2.36. The van der Waals surface area contributed by atoms with Gasteiger partial charge in [0.25, 0.3) is 0 Å². The van der Waals surface area contributed by atoms with Crippen molar-refractivity contribution in [2.24, 2.45) is 0 Å². The second-order valence-corrected chi connectivity index (χ2v) is 6.24. The highest BCUT2D eigenvalue weighted by atomic mass is 32.1. The molecule has 112 valence electrons. The summed E-state index contributed by atoms with van der Waals surface area (Å²) in [5.41, 5.74) is 6.96. The molecule has 0 radical (unpaired) electrons. The van der Waals surface area contributed by atoms with Crippen LogP contribution < -0.4 is 15.8 Å². The summed E-state index contributed by atoms with van der Waals surface area (Å²) in [7, 11) is 1.73. The molecular formula is C15H20N4OS. The number of aromatic nitrogens is 1. The largest absolute Gasteiger partial charge is 0.496 e. The van der Waals surface area contributed by atoms with Crippen molar-refractivity contribution in [1.29, 1.82) is 0 Å². The van der Waals surface area contributed by atoms with Crippen LogP contribution in [-0.4, -0.2) is 36.6 Å². The first-order chi connectivity index (χ1) is 10.3. The van der Waals surface area contributed by atoms with Gasteiger partial charge in [-0.2, -0.15) is 0 Å². The minimum absolute atomic E-state index is 0.304. The number of nitrogens with one attached hydrogen (secondary N) is 1. The molecule has 0 spiro atoms. The Labute approximate surface area is 128 Å². The number of nitrogens with zero attached hydrogens (tertiary/aromatic N) is 2. The second kappa shape index (κ2) is 6.43. The highest BCUT2D eigenvalue weighted by Gasteiger charge is 2.26. The summed E-state index contributed by atoms with van der Waals surface area (Å²) in [5.74, 6) is 0.944. The van der Waals surface area contributed by atoms with E-state index >= 15 is 0 Å². The number of nitrogen functional groups attached to an aromatic ring is 1. The van der Waals surface area contributed by atoms with Crippen molar-refractivity contribution in [2.75, 3.05) is 32.5 Å². The minimum atomic E-state index is 0.304. The molecular weight excluding hydrogens is 284 g/mol. The van der Waals surface area contributed by atoms with Gasteiger partial charge in [0.1, 0.15) is 5.75 Å². The number of rotatable bonds is 4. The molecule has 1 atom stereocenters. The number of piperazine rings is 1. The zero-order valence-electron chi connectivity index (χ0n) is 12.1. The summed E-state index contributed by atoms with van der Waals surface area (Å²) in [5, 5.41) is 4.10. The summed E-state index contributed by atoms with van der Waals surface area (Å²) in [6.07, 6.45) is 1.88. The Morgan fingerprint density at radius 1 is 1.48 bits per heavy atom. The molecule has 0 amide bonds. The fraction of sp³-hybridized carbons (Fsp3) is 0.400. The monoisotopic (exact) mass is 304 g/mol. The fourth-order valence-corrected chi connectivity index (χ4v) is 3.49. The number of benzene rings is 1. The maximum absolute atomic E-state index is 5.73. The molecule has 2 aromatic rings. The number of methoxy groups -OCH3 is 1. The lowest BCUT2D eigenvalue weighted by Crippen LogP contribution is -2.45. The van der Waals surface area contributed by atoms with Crippen LogP contribution in [0, 0.1) is 0 Å². The first kappa shape index (κ1) is 14.3. The van der Waals surface area contributed by atoms with Crippen molar-refractivity contribution in [1.82, 2.24) is 15.2 Å². The molecule has 2 heterocycles. The van der Waals surface area contributed by atoms with Crippen molar-refractivity contribution >= 4 is 16.5 Å². The summed E-state index contributed by atoms with van der Waals surface area (Å²) >= 11 is 1.56. The molecule has 1 fully saturated rings. The van der Waals surface area contributed by atoms with Crippen molar-refractivity contribution in [3.63, 3.8) is 0 Å². The van der Waals surface area contributed by atoms with Crippen LogP contribution in [0.15, 0.2) is 30.5 Å². The number of anilines is 1. The molecule has 1 aromatic carbocycles. The molecule has 3 rings (SSSR count). The second-order valence-electron chi connectivity index (χ2n) is 5.10. The first-order valence-electron chi connectivity index (χ1n) is 7.06. The summed E-state index contributed by atoms with van der Waals surface area (Å²) in [4.78, 5) is 7.81. The topological polar surface area (TPSA) is 63.4 Å². The van der Waals surface area contributed by atoms with Gasteiger partial charge in [0.2, 0.25) is 0 Å². The van der Waals surface area contributed by atoms with Gasteiger partial charge in [-0.15, -0.1) is 11.3 Å². The third kappa shape index (κ3) is 3.18. The Bertz CT molecular complexity index is 601. The maximum atomic E-state index is 5.73. The van der Waals surface area contributed by atoms with Crippen molar-refractivity contribution in [2.45, 2.75) is 12.6 Å². The van der Waals surface area contributed by atoms with Gasteiger partial charge in [0.05, 0.1) is 13.2 Å². The van der Waals surface area contributed by atoms with Gasteiger partial charge in [0.15, 0.2) is 5.13 Å². The number of thiazole rings is 1. The highest BCUT2D eigenvalue weighted by molar-refractivity contribution is 7.15. The van der Waals surface area contributed by atoms with Gasteiger partial charge in [-0.25, -0.2) is 4.98 Å². The van der Waals surface area contributed by atoms with Crippen LogP contribution in [0.3, 0.4) is 0 Å². The average Bonchev–Trinajstić information content (AvgIpc) is 2.93. The first-order valence-corrected chi connectivity index (χ1v) is 7.87. The van der Waals surface area contributed by atoms with Crippen molar-refractivity contribution in [3.05, 3.63) is 40.9 Å². The molecule has 0 saturated carbocycles. The van der Waals surface area contributed by atoms with Crippen LogP contribution in [0.1, 0.15) is 16.5 Å². The molecule has 21 heavy (non-hydrogen) atoms. The van der Waals surface area contributed by atoms with E-state index in [1.807, 2.05) is 18.3 Å². The van der Waals surface area contributed by atoms with Gasteiger partial charge in [-0.1, -0.05) is 18.2 Å². The summed E-state index contributed by atoms with van der Waals surface area (Å²) in [6.45, 7) is 3.80. The standard InChI is InChI=1S/C15H20N4OS/c1-20-14-5-3-2-4-12(14)13-9-17-6-7-19(13)10-11-8-18-15(16)21-11/h2-5,8,13,17H,6-7,9-10H2,1H3,(H2,16,18). The van der Waals surface area contributed by atoms with Crippen LogP contribution in [0.5, 0.6) is 5.75 Å². The molecule has 6 heteroatoms.